The Morgan fingerprint density at radius 1 is 1.42 bits per heavy atom. The number of ether oxygens (including phenoxy) is 1. The fraction of sp³-hybridized carbons (Fsp3) is 0.353. The van der Waals surface area contributed by atoms with Gasteiger partial charge < -0.3 is 20.4 Å². The maximum atomic E-state index is 6.46. The highest BCUT2D eigenvalue weighted by Gasteiger charge is 2.25. The van der Waals surface area contributed by atoms with Crippen LogP contribution in [-0.2, 0) is 11.2 Å². The number of para-hydroxylation sites is 1. The van der Waals surface area contributed by atoms with Crippen molar-refractivity contribution in [1.29, 1.82) is 0 Å². The molecule has 1 aromatic heterocycles. The summed E-state index contributed by atoms with van der Waals surface area (Å²) in [6.45, 7) is 2.92. The lowest BCUT2D eigenvalue weighted by Crippen LogP contribution is -2.34. The standard InChI is InChI=1S/C17H20Cl2N4O/c1-11(8-20)24-15-10-22-17(19)23(16(15)18)7-6-12-9-21-14-5-3-2-4-13(12)14/h2-5,9-11,17,21H,6-8,20H2,1H3/t11-,17?/m1/s1. The molecule has 2 atom stereocenters. The molecular weight excluding hydrogens is 347 g/mol. The second kappa shape index (κ2) is 7.47. The summed E-state index contributed by atoms with van der Waals surface area (Å²) in [6, 6.07) is 8.20. The molecule has 0 fully saturated rings. The van der Waals surface area contributed by atoms with Gasteiger partial charge in [-0.15, -0.1) is 0 Å². The lowest BCUT2D eigenvalue weighted by molar-refractivity contribution is 0.144. The molecule has 0 aliphatic carbocycles. The van der Waals surface area contributed by atoms with Crippen LogP contribution in [0.2, 0.25) is 0 Å². The topological polar surface area (TPSA) is 66.6 Å². The average molecular weight is 367 g/mol. The van der Waals surface area contributed by atoms with E-state index in [-0.39, 0.29) is 6.10 Å². The van der Waals surface area contributed by atoms with Gasteiger partial charge in [0.15, 0.2) is 16.5 Å². The fourth-order valence-corrected chi connectivity index (χ4v) is 3.20. The quantitative estimate of drug-likeness (QED) is 0.608. The molecule has 0 radical (unpaired) electrons. The number of hydrogen-bond acceptors (Lipinski definition) is 4. The molecule has 24 heavy (non-hydrogen) atoms. The molecule has 2 aromatic rings. The monoisotopic (exact) mass is 366 g/mol. The van der Waals surface area contributed by atoms with Crippen LogP contribution in [0.1, 0.15) is 12.5 Å². The molecule has 5 nitrogen and oxygen atoms in total. The second-order valence-corrected chi connectivity index (χ2v) is 6.46. The number of nitrogens with two attached hydrogens (primary N) is 1. The maximum absolute atomic E-state index is 6.46. The van der Waals surface area contributed by atoms with Gasteiger partial charge in [-0.1, -0.05) is 41.4 Å². The summed E-state index contributed by atoms with van der Waals surface area (Å²) < 4.78 is 5.71. The minimum absolute atomic E-state index is 0.137. The van der Waals surface area contributed by atoms with E-state index >= 15 is 0 Å². The Labute approximate surface area is 151 Å². The smallest absolute Gasteiger partial charge is 0.198 e. The molecule has 0 saturated carbocycles. The zero-order valence-corrected chi connectivity index (χ0v) is 14.9. The van der Waals surface area contributed by atoms with Gasteiger partial charge in [0.2, 0.25) is 0 Å². The predicted molar refractivity (Wildman–Crippen MR) is 99.3 cm³/mol. The summed E-state index contributed by atoms with van der Waals surface area (Å²) in [5.74, 6) is 0.505. The van der Waals surface area contributed by atoms with Crippen LogP contribution in [0.15, 0.2) is 46.4 Å². The number of aromatic amines is 1. The molecule has 2 heterocycles. The number of rotatable bonds is 6. The Morgan fingerprint density at radius 2 is 2.21 bits per heavy atom. The summed E-state index contributed by atoms with van der Waals surface area (Å²) in [7, 11) is 0. The van der Waals surface area contributed by atoms with Gasteiger partial charge in [-0.3, -0.25) is 0 Å². The van der Waals surface area contributed by atoms with E-state index in [4.69, 9.17) is 33.7 Å². The first kappa shape index (κ1) is 17.1. The predicted octanol–water partition coefficient (Wildman–Crippen LogP) is 3.39. The van der Waals surface area contributed by atoms with E-state index in [1.165, 1.54) is 10.9 Å². The highest BCUT2D eigenvalue weighted by atomic mass is 35.5. The van der Waals surface area contributed by atoms with E-state index < -0.39 is 5.62 Å². The van der Waals surface area contributed by atoms with Crippen LogP contribution in [0.25, 0.3) is 10.9 Å². The molecule has 0 spiro atoms. The number of allylic oxidation sites excluding steroid dienone is 1. The van der Waals surface area contributed by atoms with Crippen molar-refractivity contribution in [2.24, 2.45) is 10.7 Å². The van der Waals surface area contributed by atoms with Gasteiger partial charge in [0.1, 0.15) is 6.10 Å². The van der Waals surface area contributed by atoms with Gasteiger partial charge >= 0.3 is 0 Å². The molecule has 0 bridgehead atoms. The number of hydrogen-bond donors (Lipinski definition) is 2. The van der Waals surface area contributed by atoms with E-state index in [0.717, 1.165) is 11.9 Å². The Morgan fingerprint density at radius 3 is 3.00 bits per heavy atom. The number of benzene rings is 1. The van der Waals surface area contributed by atoms with E-state index in [1.54, 1.807) is 6.21 Å². The first-order valence-corrected chi connectivity index (χ1v) is 8.67. The summed E-state index contributed by atoms with van der Waals surface area (Å²) in [5.41, 5.74) is 7.39. The first-order valence-electron chi connectivity index (χ1n) is 7.85. The lowest BCUT2D eigenvalue weighted by Gasteiger charge is -2.30. The van der Waals surface area contributed by atoms with Crippen LogP contribution < -0.4 is 5.73 Å². The Hall–Kier alpha value is -1.69. The molecule has 1 unspecified atom stereocenters. The molecule has 128 valence electrons. The molecule has 1 aliphatic rings. The van der Waals surface area contributed by atoms with Gasteiger partial charge in [0, 0.05) is 30.2 Å². The Kier molecular flexibility index (Phi) is 5.33. The number of aromatic nitrogens is 1. The molecule has 1 aliphatic heterocycles. The van der Waals surface area contributed by atoms with Crippen molar-refractivity contribution in [3.63, 3.8) is 0 Å². The SMILES string of the molecule is C[C@H](CN)OC1=C(Cl)N(CCc2c[nH]c3ccccc23)C(Cl)N=C1. The van der Waals surface area contributed by atoms with E-state index in [9.17, 15) is 0 Å². The normalized spacial score (nSPS) is 19.2. The van der Waals surface area contributed by atoms with Crippen molar-refractivity contribution in [2.75, 3.05) is 13.1 Å². The van der Waals surface area contributed by atoms with Crippen molar-refractivity contribution in [3.8, 4) is 0 Å². The minimum atomic E-state index is -0.539. The minimum Gasteiger partial charge on any atom is -0.485 e. The number of halogens is 2. The van der Waals surface area contributed by atoms with Gasteiger partial charge in [-0.25, -0.2) is 4.99 Å². The molecular formula is C17H20Cl2N4O. The summed E-state index contributed by atoms with van der Waals surface area (Å²) in [5, 5.41) is 1.67. The van der Waals surface area contributed by atoms with Crippen molar-refractivity contribution in [1.82, 2.24) is 9.88 Å². The second-order valence-electron chi connectivity index (χ2n) is 5.71. The lowest BCUT2D eigenvalue weighted by atomic mass is 10.1. The van der Waals surface area contributed by atoms with Gasteiger partial charge in [-0.05, 0) is 25.0 Å². The average Bonchev–Trinajstić information content (AvgIpc) is 3.00. The number of alkyl halides is 1. The zero-order valence-electron chi connectivity index (χ0n) is 13.4. The molecule has 0 saturated heterocycles. The van der Waals surface area contributed by atoms with E-state index in [2.05, 4.69) is 22.1 Å². The Balaban J connectivity index is 1.74. The third kappa shape index (κ3) is 3.53. The van der Waals surface area contributed by atoms with Crippen LogP contribution in [0.3, 0.4) is 0 Å². The van der Waals surface area contributed by atoms with Crippen molar-refractivity contribution >= 4 is 40.3 Å². The van der Waals surface area contributed by atoms with Crippen LogP contribution >= 0.6 is 23.2 Å². The van der Waals surface area contributed by atoms with Gasteiger partial charge in [0.05, 0.1) is 6.21 Å². The summed E-state index contributed by atoms with van der Waals surface area (Å²) in [6.07, 6.45) is 4.24. The highest BCUT2D eigenvalue weighted by molar-refractivity contribution is 6.32. The Bertz CT molecular complexity index is 771. The largest absolute Gasteiger partial charge is 0.485 e. The maximum Gasteiger partial charge on any atom is 0.198 e. The molecule has 3 N–H and O–H groups in total. The van der Waals surface area contributed by atoms with Crippen molar-refractivity contribution < 1.29 is 4.74 Å². The molecule has 7 heteroatoms. The molecule has 3 rings (SSSR count). The van der Waals surface area contributed by atoms with E-state index in [1.807, 2.05) is 30.2 Å². The first-order chi connectivity index (χ1) is 11.6. The van der Waals surface area contributed by atoms with Crippen LogP contribution in [0, 0.1) is 0 Å². The third-order valence-electron chi connectivity index (χ3n) is 3.98. The van der Waals surface area contributed by atoms with Gasteiger partial charge in [0.25, 0.3) is 0 Å². The highest BCUT2D eigenvalue weighted by Crippen LogP contribution is 2.27. The number of nitrogens with zero attached hydrogens (tertiary/aromatic N) is 2. The number of nitrogens with one attached hydrogen (secondary N) is 1. The third-order valence-corrected chi connectivity index (χ3v) is 4.74. The number of fused-ring (bicyclic) bond motifs is 1. The zero-order chi connectivity index (χ0) is 17.1. The molecule has 0 amide bonds. The van der Waals surface area contributed by atoms with Crippen LogP contribution in [0.5, 0.6) is 0 Å². The number of H-pyrrole nitrogens is 1. The van der Waals surface area contributed by atoms with Crippen LogP contribution in [-0.4, -0.2) is 40.9 Å². The van der Waals surface area contributed by atoms with E-state index in [0.29, 0.717) is 24.0 Å². The molecule has 1 aromatic carbocycles. The fourth-order valence-electron chi connectivity index (χ4n) is 2.63. The van der Waals surface area contributed by atoms with Crippen LogP contribution in [0.4, 0.5) is 0 Å². The van der Waals surface area contributed by atoms with Crippen molar-refractivity contribution in [2.45, 2.75) is 25.1 Å². The summed E-state index contributed by atoms with van der Waals surface area (Å²) in [4.78, 5) is 9.34. The summed E-state index contributed by atoms with van der Waals surface area (Å²) >= 11 is 12.8. The van der Waals surface area contributed by atoms with Gasteiger partial charge in [-0.2, -0.15) is 0 Å². The number of aliphatic imine (C=N–C) groups is 1. The van der Waals surface area contributed by atoms with Crippen molar-refractivity contribution in [3.05, 3.63) is 46.9 Å².